The summed E-state index contributed by atoms with van der Waals surface area (Å²) in [7, 11) is 1.67. The lowest BCUT2D eigenvalue weighted by atomic mass is 9.88. The fourth-order valence-corrected chi connectivity index (χ4v) is 3.67. The number of aryl methyl sites for hydroxylation is 2. The van der Waals surface area contributed by atoms with Crippen LogP contribution in [-0.4, -0.2) is 29.5 Å². The molecule has 0 unspecified atom stereocenters. The maximum Gasteiger partial charge on any atom is 0.359 e. The van der Waals surface area contributed by atoms with Gasteiger partial charge in [0.2, 0.25) is 0 Å². The van der Waals surface area contributed by atoms with Crippen molar-refractivity contribution < 1.29 is 14.3 Å². The van der Waals surface area contributed by atoms with Gasteiger partial charge in [0, 0.05) is 11.1 Å². The van der Waals surface area contributed by atoms with Crippen molar-refractivity contribution in [1.82, 2.24) is 9.78 Å². The van der Waals surface area contributed by atoms with Crippen LogP contribution in [0.25, 0.3) is 16.9 Å². The first-order chi connectivity index (χ1) is 13.1. The Hall–Kier alpha value is -3.08. The molecule has 0 aliphatic heterocycles. The number of fused-ring (bicyclic) bond motifs is 3. The summed E-state index contributed by atoms with van der Waals surface area (Å²) in [6, 6.07) is 14.2. The van der Waals surface area contributed by atoms with E-state index in [0.717, 1.165) is 46.7 Å². The van der Waals surface area contributed by atoms with Crippen molar-refractivity contribution >= 4 is 5.97 Å². The molecule has 1 aliphatic rings. The Morgan fingerprint density at radius 3 is 2.78 bits per heavy atom. The fraction of sp³-hybridized carbons (Fsp3) is 0.273. The number of hydrogen-bond donors (Lipinski definition) is 0. The standard InChI is InChI=1S/C22H22N2O3/c1-4-27-22(25)20-19-10-8-15-13-17(26-3)9-11-18(15)21(19)24(23-20)16-7-5-6-14(2)12-16/h5-7,9,11-13H,4,8,10H2,1-3H3. The Morgan fingerprint density at radius 2 is 2.04 bits per heavy atom. The number of hydrogen-bond acceptors (Lipinski definition) is 4. The number of rotatable bonds is 4. The largest absolute Gasteiger partial charge is 0.497 e. The minimum Gasteiger partial charge on any atom is -0.497 e. The zero-order valence-electron chi connectivity index (χ0n) is 15.8. The SMILES string of the molecule is CCOC(=O)c1nn(-c2cccc(C)c2)c2c1CCc1cc(OC)ccc1-2. The maximum absolute atomic E-state index is 12.5. The highest BCUT2D eigenvalue weighted by Gasteiger charge is 2.29. The summed E-state index contributed by atoms with van der Waals surface area (Å²) in [6.07, 6.45) is 1.58. The van der Waals surface area contributed by atoms with Gasteiger partial charge < -0.3 is 9.47 Å². The molecule has 0 radical (unpaired) electrons. The summed E-state index contributed by atoms with van der Waals surface area (Å²) in [4.78, 5) is 12.5. The Kier molecular flexibility index (Phi) is 4.44. The molecule has 27 heavy (non-hydrogen) atoms. The van der Waals surface area contributed by atoms with E-state index < -0.39 is 0 Å². The van der Waals surface area contributed by atoms with Gasteiger partial charge in [0.05, 0.1) is 25.1 Å². The highest BCUT2D eigenvalue weighted by atomic mass is 16.5. The third-order valence-corrected chi connectivity index (χ3v) is 4.91. The van der Waals surface area contributed by atoms with Crippen LogP contribution >= 0.6 is 0 Å². The molecule has 138 valence electrons. The van der Waals surface area contributed by atoms with E-state index in [2.05, 4.69) is 23.3 Å². The van der Waals surface area contributed by atoms with Gasteiger partial charge in [-0.05, 0) is 68.1 Å². The predicted octanol–water partition coefficient (Wildman–Crippen LogP) is 4.13. The number of esters is 1. The molecule has 0 amide bonds. The molecule has 5 nitrogen and oxygen atoms in total. The maximum atomic E-state index is 12.5. The molecule has 0 fully saturated rings. The van der Waals surface area contributed by atoms with E-state index in [4.69, 9.17) is 9.47 Å². The number of benzene rings is 2. The summed E-state index contributed by atoms with van der Waals surface area (Å²) in [5.41, 5.74) is 6.69. The molecule has 4 rings (SSSR count). The zero-order chi connectivity index (χ0) is 19.0. The van der Waals surface area contributed by atoms with E-state index in [-0.39, 0.29) is 5.97 Å². The molecule has 2 aromatic carbocycles. The highest BCUT2D eigenvalue weighted by molar-refractivity contribution is 5.92. The molecule has 1 aromatic heterocycles. The van der Waals surface area contributed by atoms with Crippen molar-refractivity contribution in [2.24, 2.45) is 0 Å². The predicted molar refractivity (Wildman–Crippen MR) is 104 cm³/mol. The Labute approximate surface area is 158 Å². The van der Waals surface area contributed by atoms with Crippen LogP contribution < -0.4 is 4.74 Å². The van der Waals surface area contributed by atoms with Crippen LogP contribution in [0.2, 0.25) is 0 Å². The van der Waals surface area contributed by atoms with Gasteiger partial charge in [0.15, 0.2) is 5.69 Å². The van der Waals surface area contributed by atoms with Crippen molar-refractivity contribution in [2.75, 3.05) is 13.7 Å². The number of aromatic nitrogens is 2. The van der Waals surface area contributed by atoms with Crippen LogP contribution in [0.4, 0.5) is 0 Å². The van der Waals surface area contributed by atoms with Gasteiger partial charge in [-0.1, -0.05) is 12.1 Å². The summed E-state index contributed by atoms with van der Waals surface area (Å²) < 4.78 is 12.5. The van der Waals surface area contributed by atoms with Crippen LogP contribution in [0, 0.1) is 6.92 Å². The van der Waals surface area contributed by atoms with Crippen LogP contribution in [0.5, 0.6) is 5.75 Å². The number of carbonyl (C=O) groups excluding carboxylic acids is 1. The van der Waals surface area contributed by atoms with Crippen LogP contribution in [0.3, 0.4) is 0 Å². The van der Waals surface area contributed by atoms with Gasteiger partial charge in [-0.3, -0.25) is 0 Å². The van der Waals surface area contributed by atoms with Crippen LogP contribution in [-0.2, 0) is 17.6 Å². The second-order valence-electron chi connectivity index (χ2n) is 6.67. The lowest BCUT2D eigenvalue weighted by molar-refractivity contribution is 0.0517. The average molecular weight is 362 g/mol. The molecular formula is C22H22N2O3. The molecule has 0 bridgehead atoms. The van der Waals surface area contributed by atoms with Gasteiger partial charge >= 0.3 is 5.97 Å². The first-order valence-electron chi connectivity index (χ1n) is 9.15. The van der Waals surface area contributed by atoms with Gasteiger partial charge in [-0.25, -0.2) is 9.48 Å². The summed E-state index contributed by atoms with van der Waals surface area (Å²) in [5.74, 6) is 0.474. The second-order valence-corrected chi connectivity index (χ2v) is 6.67. The lowest BCUT2D eigenvalue weighted by Gasteiger charge is -2.19. The topological polar surface area (TPSA) is 53.3 Å². The van der Waals surface area contributed by atoms with E-state index in [1.54, 1.807) is 7.11 Å². The summed E-state index contributed by atoms with van der Waals surface area (Å²) >= 11 is 0. The third-order valence-electron chi connectivity index (χ3n) is 4.91. The fourth-order valence-electron chi connectivity index (χ4n) is 3.67. The van der Waals surface area contributed by atoms with E-state index in [1.807, 2.05) is 42.8 Å². The monoisotopic (exact) mass is 362 g/mol. The Balaban J connectivity index is 1.95. The highest BCUT2D eigenvalue weighted by Crippen LogP contribution is 2.38. The molecular weight excluding hydrogens is 340 g/mol. The number of methoxy groups -OCH3 is 1. The van der Waals surface area contributed by atoms with Crippen molar-refractivity contribution in [3.63, 3.8) is 0 Å². The van der Waals surface area contributed by atoms with Gasteiger partial charge in [-0.15, -0.1) is 0 Å². The number of ether oxygens (including phenoxy) is 2. The number of carbonyl (C=O) groups is 1. The summed E-state index contributed by atoms with van der Waals surface area (Å²) in [5, 5.41) is 4.67. The first-order valence-corrected chi connectivity index (χ1v) is 9.15. The van der Waals surface area contributed by atoms with Crippen LogP contribution in [0.1, 0.15) is 34.1 Å². The second kappa shape index (κ2) is 6.91. The summed E-state index contributed by atoms with van der Waals surface area (Å²) in [6.45, 7) is 4.19. The minimum absolute atomic E-state index is 0.332. The zero-order valence-corrected chi connectivity index (χ0v) is 15.8. The normalized spacial score (nSPS) is 12.3. The Bertz CT molecular complexity index is 1020. The smallest absolute Gasteiger partial charge is 0.359 e. The molecule has 0 N–H and O–H groups in total. The molecule has 3 aromatic rings. The van der Waals surface area contributed by atoms with Gasteiger partial charge in [0.1, 0.15) is 5.75 Å². The van der Waals surface area contributed by atoms with Crippen molar-refractivity contribution in [2.45, 2.75) is 26.7 Å². The van der Waals surface area contributed by atoms with Crippen molar-refractivity contribution in [1.29, 1.82) is 0 Å². The van der Waals surface area contributed by atoms with E-state index in [9.17, 15) is 4.79 Å². The average Bonchev–Trinajstić information content (AvgIpc) is 3.08. The van der Waals surface area contributed by atoms with E-state index >= 15 is 0 Å². The first kappa shape index (κ1) is 17.3. The third kappa shape index (κ3) is 2.99. The Morgan fingerprint density at radius 1 is 1.19 bits per heavy atom. The molecule has 0 saturated heterocycles. The molecule has 1 aliphatic carbocycles. The van der Waals surface area contributed by atoms with Crippen molar-refractivity contribution in [3.05, 3.63) is 64.8 Å². The molecule has 1 heterocycles. The van der Waals surface area contributed by atoms with E-state index in [1.165, 1.54) is 5.56 Å². The quantitative estimate of drug-likeness (QED) is 0.655. The molecule has 0 atom stereocenters. The van der Waals surface area contributed by atoms with Crippen LogP contribution in [0.15, 0.2) is 42.5 Å². The molecule has 0 spiro atoms. The lowest BCUT2D eigenvalue weighted by Crippen LogP contribution is -2.11. The molecule has 5 heteroatoms. The minimum atomic E-state index is -0.364. The van der Waals surface area contributed by atoms with Crippen molar-refractivity contribution in [3.8, 4) is 22.7 Å². The van der Waals surface area contributed by atoms with Gasteiger partial charge in [0.25, 0.3) is 0 Å². The van der Waals surface area contributed by atoms with E-state index in [0.29, 0.717) is 12.3 Å². The van der Waals surface area contributed by atoms with Gasteiger partial charge in [-0.2, -0.15) is 5.10 Å². The number of nitrogens with zero attached hydrogens (tertiary/aromatic N) is 2. The molecule has 0 saturated carbocycles.